The number of carbonyl (C=O) groups excluding carboxylic acids is 1. The molecule has 1 aromatic rings. The number of hydrogen-bond donors (Lipinski definition) is 1. The van der Waals surface area contributed by atoms with Gasteiger partial charge in [0.1, 0.15) is 11.5 Å². The topological polar surface area (TPSA) is 62.2 Å². The third kappa shape index (κ3) is 3.69. The van der Waals surface area contributed by atoms with E-state index >= 15 is 0 Å². The van der Waals surface area contributed by atoms with Gasteiger partial charge in [0, 0.05) is 24.7 Å². The molecule has 0 bridgehead atoms. The van der Waals surface area contributed by atoms with Gasteiger partial charge in [-0.3, -0.25) is 4.79 Å². The highest BCUT2D eigenvalue weighted by Crippen LogP contribution is 2.27. The Hall–Kier alpha value is -1.79. The molecule has 0 aromatic heterocycles. The Kier molecular flexibility index (Phi) is 4.93. The van der Waals surface area contributed by atoms with Crippen molar-refractivity contribution in [1.82, 2.24) is 9.80 Å². The molecule has 0 radical (unpaired) electrons. The van der Waals surface area contributed by atoms with Crippen LogP contribution in [0.25, 0.3) is 0 Å². The van der Waals surface area contributed by atoms with Crippen LogP contribution in [0.1, 0.15) is 16.8 Å². The van der Waals surface area contributed by atoms with Gasteiger partial charge in [0.25, 0.3) is 5.91 Å². The van der Waals surface area contributed by atoms with Crippen LogP contribution in [0.5, 0.6) is 11.5 Å². The second-order valence-electron chi connectivity index (χ2n) is 6.04. The number of benzene rings is 1. The van der Waals surface area contributed by atoms with Gasteiger partial charge in [-0.1, -0.05) is 0 Å². The number of nitrogens with zero attached hydrogens (tertiary/aromatic N) is 2. The maximum Gasteiger partial charge on any atom is 0.254 e. The van der Waals surface area contributed by atoms with Crippen molar-refractivity contribution >= 4 is 5.91 Å². The van der Waals surface area contributed by atoms with Crippen LogP contribution >= 0.6 is 0 Å². The SMILES string of the molecule is COc1cc(OC)cc(C(=O)N2CC[C@@](O)(CN(C)C)C2)c1. The molecule has 1 N–H and O–H groups in total. The van der Waals surface area contributed by atoms with Crippen molar-refractivity contribution in [3.8, 4) is 11.5 Å². The number of amides is 1. The molecule has 22 heavy (non-hydrogen) atoms. The summed E-state index contributed by atoms with van der Waals surface area (Å²) >= 11 is 0. The monoisotopic (exact) mass is 308 g/mol. The van der Waals surface area contributed by atoms with E-state index in [-0.39, 0.29) is 5.91 Å². The molecule has 1 fully saturated rings. The van der Waals surface area contributed by atoms with Crippen molar-refractivity contribution in [2.75, 3.05) is 47.9 Å². The Morgan fingerprint density at radius 3 is 2.36 bits per heavy atom. The molecule has 0 unspecified atom stereocenters. The van der Waals surface area contributed by atoms with E-state index in [0.29, 0.717) is 43.1 Å². The van der Waals surface area contributed by atoms with Gasteiger partial charge in [-0.25, -0.2) is 0 Å². The Labute approximate surface area is 131 Å². The van der Waals surface area contributed by atoms with Gasteiger partial charge in [0.05, 0.1) is 26.4 Å². The minimum absolute atomic E-state index is 0.119. The first kappa shape index (κ1) is 16.6. The number of aliphatic hydroxyl groups is 1. The minimum atomic E-state index is -0.845. The van der Waals surface area contributed by atoms with Crippen LogP contribution in [0.4, 0.5) is 0 Å². The average Bonchev–Trinajstić information content (AvgIpc) is 2.86. The van der Waals surface area contributed by atoms with Crippen molar-refractivity contribution < 1.29 is 19.4 Å². The summed E-state index contributed by atoms with van der Waals surface area (Å²) in [5.74, 6) is 1.03. The first-order valence-corrected chi connectivity index (χ1v) is 7.26. The van der Waals surface area contributed by atoms with Crippen molar-refractivity contribution in [2.45, 2.75) is 12.0 Å². The molecule has 0 spiro atoms. The number of rotatable bonds is 5. The van der Waals surface area contributed by atoms with E-state index in [2.05, 4.69) is 0 Å². The smallest absolute Gasteiger partial charge is 0.254 e. The van der Waals surface area contributed by atoms with Crippen LogP contribution in [0, 0.1) is 0 Å². The quantitative estimate of drug-likeness (QED) is 0.873. The van der Waals surface area contributed by atoms with E-state index in [0.717, 1.165) is 0 Å². The minimum Gasteiger partial charge on any atom is -0.497 e. The molecule has 122 valence electrons. The summed E-state index contributed by atoms with van der Waals surface area (Å²) < 4.78 is 10.4. The molecule has 1 heterocycles. The highest BCUT2D eigenvalue weighted by atomic mass is 16.5. The highest BCUT2D eigenvalue weighted by molar-refractivity contribution is 5.95. The molecule has 6 heteroatoms. The first-order chi connectivity index (χ1) is 10.4. The zero-order valence-corrected chi connectivity index (χ0v) is 13.6. The summed E-state index contributed by atoms with van der Waals surface area (Å²) in [7, 11) is 6.92. The van der Waals surface area contributed by atoms with Crippen LogP contribution in [0.3, 0.4) is 0 Å². The van der Waals surface area contributed by atoms with Gasteiger partial charge < -0.3 is 24.4 Å². The van der Waals surface area contributed by atoms with Crippen molar-refractivity contribution in [1.29, 1.82) is 0 Å². The van der Waals surface area contributed by atoms with Crippen LogP contribution in [0.2, 0.25) is 0 Å². The molecular formula is C16H24N2O4. The van der Waals surface area contributed by atoms with Gasteiger partial charge in [-0.15, -0.1) is 0 Å². The van der Waals surface area contributed by atoms with E-state index in [1.54, 1.807) is 37.3 Å². The van der Waals surface area contributed by atoms with Gasteiger partial charge in [0.2, 0.25) is 0 Å². The van der Waals surface area contributed by atoms with Crippen molar-refractivity contribution in [3.05, 3.63) is 23.8 Å². The highest BCUT2D eigenvalue weighted by Gasteiger charge is 2.38. The number of likely N-dealkylation sites (N-methyl/N-ethyl adjacent to an activating group) is 1. The predicted octanol–water partition coefficient (Wildman–Crippen LogP) is 0.842. The maximum atomic E-state index is 12.6. The van der Waals surface area contributed by atoms with Gasteiger partial charge >= 0.3 is 0 Å². The molecule has 0 saturated carbocycles. The molecule has 1 aromatic carbocycles. The summed E-state index contributed by atoms with van der Waals surface area (Å²) in [6.07, 6.45) is 0.581. The summed E-state index contributed by atoms with van der Waals surface area (Å²) in [6, 6.07) is 5.10. The van der Waals surface area contributed by atoms with Crippen molar-refractivity contribution in [3.63, 3.8) is 0 Å². The second kappa shape index (κ2) is 6.54. The summed E-state index contributed by atoms with van der Waals surface area (Å²) in [5, 5.41) is 10.5. The number of β-amino-alcohol motifs (C(OH)–C–C–N with tert-alkyl or cyclic N) is 1. The van der Waals surface area contributed by atoms with Gasteiger partial charge in [0.15, 0.2) is 0 Å². The largest absolute Gasteiger partial charge is 0.497 e. The zero-order chi connectivity index (χ0) is 16.3. The van der Waals surface area contributed by atoms with Crippen LogP contribution in [-0.4, -0.2) is 74.4 Å². The Morgan fingerprint density at radius 1 is 1.27 bits per heavy atom. The molecule has 1 aliphatic rings. The molecule has 1 aliphatic heterocycles. The van der Waals surface area contributed by atoms with Gasteiger partial charge in [-0.05, 0) is 32.6 Å². The standard InChI is InChI=1S/C16H24N2O4/c1-17(2)10-16(20)5-6-18(11-16)15(19)12-7-13(21-3)9-14(8-12)22-4/h7-9,20H,5-6,10-11H2,1-4H3/t16-/m1/s1. The normalized spacial score (nSPS) is 21.3. The summed E-state index contributed by atoms with van der Waals surface area (Å²) in [5.41, 5.74) is -0.340. The fraction of sp³-hybridized carbons (Fsp3) is 0.562. The predicted molar refractivity (Wildman–Crippen MR) is 83.6 cm³/mol. The molecule has 6 nitrogen and oxygen atoms in total. The molecule has 0 aliphatic carbocycles. The van der Waals surface area contributed by atoms with E-state index in [4.69, 9.17) is 9.47 Å². The number of methoxy groups -OCH3 is 2. The van der Waals surface area contributed by atoms with Crippen LogP contribution in [0.15, 0.2) is 18.2 Å². The molecule has 1 amide bonds. The van der Waals surface area contributed by atoms with E-state index in [9.17, 15) is 9.90 Å². The average molecular weight is 308 g/mol. The third-order valence-corrected chi connectivity index (χ3v) is 3.83. The lowest BCUT2D eigenvalue weighted by atomic mass is 10.0. The summed E-state index contributed by atoms with van der Waals surface area (Å²) in [4.78, 5) is 16.3. The number of carbonyl (C=O) groups is 1. The van der Waals surface area contributed by atoms with Gasteiger partial charge in [-0.2, -0.15) is 0 Å². The number of ether oxygens (including phenoxy) is 2. The zero-order valence-electron chi connectivity index (χ0n) is 13.6. The Morgan fingerprint density at radius 2 is 1.86 bits per heavy atom. The molecular weight excluding hydrogens is 284 g/mol. The van der Waals surface area contributed by atoms with Crippen LogP contribution < -0.4 is 9.47 Å². The number of hydrogen-bond acceptors (Lipinski definition) is 5. The van der Waals surface area contributed by atoms with E-state index in [1.807, 2.05) is 19.0 Å². The third-order valence-electron chi connectivity index (χ3n) is 3.83. The second-order valence-corrected chi connectivity index (χ2v) is 6.04. The maximum absolute atomic E-state index is 12.6. The summed E-state index contributed by atoms with van der Waals surface area (Å²) in [6.45, 7) is 1.42. The fourth-order valence-corrected chi connectivity index (χ4v) is 2.86. The van der Waals surface area contributed by atoms with Crippen molar-refractivity contribution in [2.24, 2.45) is 0 Å². The van der Waals surface area contributed by atoms with E-state index < -0.39 is 5.60 Å². The molecule has 1 saturated heterocycles. The number of likely N-dealkylation sites (tertiary alicyclic amines) is 1. The fourth-order valence-electron chi connectivity index (χ4n) is 2.86. The Bertz CT molecular complexity index is 525. The molecule has 1 atom stereocenters. The lowest BCUT2D eigenvalue weighted by Crippen LogP contribution is -2.43. The molecule has 2 rings (SSSR count). The Balaban J connectivity index is 2.16. The first-order valence-electron chi connectivity index (χ1n) is 7.26. The lowest BCUT2D eigenvalue weighted by Gasteiger charge is -2.26. The van der Waals surface area contributed by atoms with E-state index in [1.165, 1.54) is 0 Å². The van der Waals surface area contributed by atoms with Crippen LogP contribution in [-0.2, 0) is 0 Å². The lowest BCUT2D eigenvalue weighted by molar-refractivity contribution is 0.0236.